The summed E-state index contributed by atoms with van der Waals surface area (Å²) in [5.74, 6) is 0. The molecule has 4 nitrogen and oxygen atoms in total. The highest BCUT2D eigenvalue weighted by Gasteiger charge is 2.00. The third-order valence-corrected chi connectivity index (χ3v) is 2.83. The SMILES string of the molecule is CCCCOCCCNCc1ccnn1CCC. The smallest absolute Gasteiger partial charge is 0.0522 e. The van der Waals surface area contributed by atoms with E-state index in [1.54, 1.807) is 0 Å². The van der Waals surface area contributed by atoms with Gasteiger partial charge in [0.25, 0.3) is 0 Å². The van der Waals surface area contributed by atoms with Gasteiger partial charge in [0.15, 0.2) is 0 Å². The Hall–Kier alpha value is -0.870. The summed E-state index contributed by atoms with van der Waals surface area (Å²) in [5.41, 5.74) is 1.27. The van der Waals surface area contributed by atoms with E-state index in [2.05, 4.69) is 35.0 Å². The Morgan fingerprint density at radius 1 is 1.22 bits per heavy atom. The summed E-state index contributed by atoms with van der Waals surface area (Å²) in [7, 11) is 0. The maximum absolute atomic E-state index is 5.52. The van der Waals surface area contributed by atoms with E-state index in [4.69, 9.17) is 4.74 Å². The average Bonchev–Trinajstić information content (AvgIpc) is 2.81. The first-order valence-electron chi connectivity index (χ1n) is 7.17. The van der Waals surface area contributed by atoms with Crippen LogP contribution in [0.5, 0.6) is 0 Å². The second-order valence-electron chi connectivity index (χ2n) is 4.54. The van der Waals surface area contributed by atoms with Gasteiger partial charge in [0.2, 0.25) is 0 Å². The molecule has 1 aromatic rings. The molecule has 0 saturated carbocycles. The number of rotatable bonds is 11. The molecule has 1 aromatic heterocycles. The predicted molar refractivity (Wildman–Crippen MR) is 74.6 cm³/mol. The molecular weight excluding hydrogens is 226 g/mol. The first kappa shape index (κ1) is 15.2. The molecule has 0 aliphatic rings. The van der Waals surface area contributed by atoms with Crippen molar-refractivity contribution in [2.75, 3.05) is 19.8 Å². The fraction of sp³-hybridized carbons (Fsp3) is 0.786. The monoisotopic (exact) mass is 253 g/mol. The number of ether oxygens (including phenoxy) is 1. The van der Waals surface area contributed by atoms with Gasteiger partial charge in [-0.3, -0.25) is 4.68 Å². The quantitative estimate of drug-likeness (QED) is 0.616. The van der Waals surface area contributed by atoms with Crippen molar-refractivity contribution in [3.05, 3.63) is 18.0 Å². The summed E-state index contributed by atoms with van der Waals surface area (Å²) in [5, 5.41) is 7.74. The minimum absolute atomic E-state index is 0.862. The van der Waals surface area contributed by atoms with Crippen LogP contribution in [-0.4, -0.2) is 29.5 Å². The maximum Gasteiger partial charge on any atom is 0.0522 e. The average molecular weight is 253 g/mol. The van der Waals surface area contributed by atoms with Gasteiger partial charge in [-0.2, -0.15) is 5.10 Å². The Morgan fingerprint density at radius 3 is 2.83 bits per heavy atom. The minimum atomic E-state index is 0.862. The van der Waals surface area contributed by atoms with Gasteiger partial charge in [-0.05, 0) is 31.9 Å². The number of aryl methyl sites for hydroxylation is 1. The summed E-state index contributed by atoms with van der Waals surface area (Å²) in [4.78, 5) is 0. The third-order valence-electron chi connectivity index (χ3n) is 2.83. The van der Waals surface area contributed by atoms with E-state index in [0.717, 1.165) is 45.7 Å². The molecule has 0 amide bonds. The highest BCUT2D eigenvalue weighted by molar-refractivity contribution is 4.99. The molecule has 0 aliphatic carbocycles. The van der Waals surface area contributed by atoms with Crippen LogP contribution >= 0.6 is 0 Å². The Labute approximate surface area is 111 Å². The standard InChI is InChI=1S/C14H27N3O/c1-3-5-11-18-12-6-8-15-13-14-7-9-16-17(14)10-4-2/h7,9,15H,3-6,8,10-13H2,1-2H3. The van der Waals surface area contributed by atoms with Crippen LogP contribution in [0.3, 0.4) is 0 Å². The summed E-state index contributed by atoms with van der Waals surface area (Å²) in [6.07, 6.45) is 6.45. The van der Waals surface area contributed by atoms with Crippen LogP contribution in [0.1, 0.15) is 45.2 Å². The van der Waals surface area contributed by atoms with Gasteiger partial charge >= 0.3 is 0 Å². The molecule has 4 heteroatoms. The third kappa shape index (κ3) is 6.17. The van der Waals surface area contributed by atoms with E-state index in [0.29, 0.717) is 0 Å². The number of hydrogen-bond donors (Lipinski definition) is 1. The van der Waals surface area contributed by atoms with Crippen LogP contribution in [0, 0.1) is 0 Å². The lowest BCUT2D eigenvalue weighted by atomic mass is 10.3. The summed E-state index contributed by atoms with van der Waals surface area (Å²) < 4.78 is 7.59. The molecule has 0 saturated heterocycles. The number of hydrogen-bond acceptors (Lipinski definition) is 3. The van der Waals surface area contributed by atoms with E-state index in [1.165, 1.54) is 18.5 Å². The zero-order valence-corrected chi connectivity index (χ0v) is 11.8. The van der Waals surface area contributed by atoms with Crippen molar-refractivity contribution in [2.45, 2.75) is 52.6 Å². The van der Waals surface area contributed by atoms with Crippen LogP contribution in [0.2, 0.25) is 0 Å². The molecule has 0 aliphatic heterocycles. The molecule has 0 fully saturated rings. The first-order chi connectivity index (χ1) is 8.88. The van der Waals surface area contributed by atoms with Gasteiger partial charge in [-0.1, -0.05) is 20.3 Å². The van der Waals surface area contributed by atoms with Crippen molar-refractivity contribution in [2.24, 2.45) is 0 Å². The van der Waals surface area contributed by atoms with E-state index in [1.807, 2.05) is 6.20 Å². The molecular formula is C14H27N3O. The molecule has 0 bridgehead atoms. The number of nitrogens with zero attached hydrogens (tertiary/aromatic N) is 2. The molecule has 0 spiro atoms. The molecule has 0 radical (unpaired) electrons. The normalized spacial score (nSPS) is 11.0. The number of aromatic nitrogens is 2. The van der Waals surface area contributed by atoms with Crippen molar-refractivity contribution in [3.63, 3.8) is 0 Å². The lowest BCUT2D eigenvalue weighted by Crippen LogP contribution is -2.19. The van der Waals surface area contributed by atoms with Gasteiger partial charge in [0.1, 0.15) is 0 Å². The molecule has 1 N–H and O–H groups in total. The van der Waals surface area contributed by atoms with Crippen LogP contribution in [0.15, 0.2) is 12.3 Å². The van der Waals surface area contributed by atoms with Crippen LogP contribution in [-0.2, 0) is 17.8 Å². The summed E-state index contributed by atoms with van der Waals surface area (Å²) in [6, 6.07) is 2.08. The van der Waals surface area contributed by atoms with Crippen molar-refractivity contribution in [3.8, 4) is 0 Å². The van der Waals surface area contributed by atoms with Crippen LogP contribution in [0.4, 0.5) is 0 Å². The lowest BCUT2D eigenvalue weighted by Gasteiger charge is -2.08. The highest BCUT2D eigenvalue weighted by Crippen LogP contribution is 1.99. The number of nitrogens with one attached hydrogen (secondary N) is 1. The second kappa shape index (κ2) is 10.1. The molecule has 1 rings (SSSR count). The van der Waals surface area contributed by atoms with E-state index < -0.39 is 0 Å². The Kier molecular flexibility index (Phi) is 8.51. The second-order valence-corrected chi connectivity index (χ2v) is 4.54. The topological polar surface area (TPSA) is 39.1 Å². The maximum atomic E-state index is 5.52. The van der Waals surface area contributed by atoms with E-state index >= 15 is 0 Å². The largest absolute Gasteiger partial charge is 0.381 e. The van der Waals surface area contributed by atoms with Gasteiger partial charge < -0.3 is 10.1 Å². The van der Waals surface area contributed by atoms with Gasteiger partial charge in [-0.15, -0.1) is 0 Å². The zero-order valence-electron chi connectivity index (χ0n) is 11.8. The fourth-order valence-corrected chi connectivity index (χ4v) is 1.79. The Bertz CT molecular complexity index is 299. The summed E-state index contributed by atoms with van der Waals surface area (Å²) in [6.45, 7) is 9.03. The molecule has 18 heavy (non-hydrogen) atoms. The highest BCUT2D eigenvalue weighted by atomic mass is 16.5. The summed E-state index contributed by atoms with van der Waals surface area (Å²) >= 11 is 0. The molecule has 104 valence electrons. The van der Waals surface area contributed by atoms with E-state index in [-0.39, 0.29) is 0 Å². The molecule has 0 atom stereocenters. The van der Waals surface area contributed by atoms with Crippen LogP contribution < -0.4 is 5.32 Å². The van der Waals surface area contributed by atoms with Gasteiger partial charge in [0.05, 0.1) is 5.69 Å². The predicted octanol–water partition coefficient (Wildman–Crippen LogP) is 2.59. The first-order valence-corrected chi connectivity index (χ1v) is 7.17. The van der Waals surface area contributed by atoms with Crippen LogP contribution in [0.25, 0.3) is 0 Å². The van der Waals surface area contributed by atoms with Crippen molar-refractivity contribution in [1.29, 1.82) is 0 Å². The molecule has 0 unspecified atom stereocenters. The van der Waals surface area contributed by atoms with Gasteiger partial charge in [0, 0.05) is 32.5 Å². The Morgan fingerprint density at radius 2 is 2.06 bits per heavy atom. The van der Waals surface area contributed by atoms with Gasteiger partial charge in [-0.25, -0.2) is 0 Å². The molecule has 1 heterocycles. The lowest BCUT2D eigenvalue weighted by molar-refractivity contribution is 0.128. The fourth-order valence-electron chi connectivity index (χ4n) is 1.79. The van der Waals surface area contributed by atoms with Crippen molar-refractivity contribution in [1.82, 2.24) is 15.1 Å². The van der Waals surface area contributed by atoms with E-state index in [9.17, 15) is 0 Å². The minimum Gasteiger partial charge on any atom is -0.381 e. The van der Waals surface area contributed by atoms with Crippen molar-refractivity contribution < 1.29 is 4.74 Å². The number of unbranched alkanes of at least 4 members (excludes halogenated alkanes) is 1. The van der Waals surface area contributed by atoms with Crippen molar-refractivity contribution >= 4 is 0 Å². The zero-order chi connectivity index (χ0) is 13.1. The Balaban J connectivity index is 2.01. The molecule has 0 aromatic carbocycles.